The van der Waals surface area contributed by atoms with Gasteiger partial charge in [-0.1, -0.05) is 18.2 Å². The van der Waals surface area contributed by atoms with Crippen LogP contribution in [0.25, 0.3) is 0 Å². The first-order valence-electron chi connectivity index (χ1n) is 8.67. The molecule has 0 radical (unpaired) electrons. The summed E-state index contributed by atoms with van der Waals surface area (Å²) in [6, 6.07) is 6.77. The molecule has 3 rings (SSSR count). The number of hydrogen-bond donors (Lipinski definition) is 3. The van der Waals surface area contributed by atoms with E-state index in [9.17, 15) is 13.2 Å². The Morgan fingerprint density at radius 1 is 1.14 bits per heavy atom. The van der Waals surface area contributed by atoms with Crippen LogP contribution < -0.4 is 14.8 Å². The predicted molar refractivity (Wildman–Crippen MR) is 109 cm³/mol. The SMILES string of the molecule is COc1ncc(NC(=O)c2cn[nH]c2C)cc1S(=O)(=O)Nc1c(C)cccc1C. The molecular formula is C19H21N5O4S. The van der Waals surface area contributed by atoms with E-state index in [-0.39, 0.29) is 16.5 Å². The molecule has 2 heterocycles. The van der Waals surface area contributed by atoms with Gasteiger partial charge in [0.1, 0.15) is 0 Å². The fourth-order valence-corrected chi connectivity index (χ4v) is 4.14. The third-order valence-electron chi connectivity index (χ3n) is 4.35. The second kappa shape index (κ2) is 7.92. The monoisotopic (exact) mass is 415 g/mol. The van der Waals surface area contributed by atoms with Gasteiger partial charge < -0.3 is 10.1 Å². The summed E-state index contributed by atoms with van der Waals surface area (Å²) >= 11 is 0. The average Bonchev–Trinajstić information content (AvgIpc) is 3.11. The van der Waals surface area contributed by atoms with Crippen molar-refractivity contribution in [2.45, 2.75) is 25.7 Å². The van der Waals surface area contributed by atoms with Gasteiger partial charge in [-0.2, -0.15) is 5.10 Å². The topological polar surface area (TPSA) is 126 Å². The second-order valence-electron chi connectivity index (χ2n) is 6.47. The highest BCUT2D eigenvalue weighted by Gasteiger charge is 2.24. The lowest BCUT2D eigenvalue weighted by molar-refractivity contribution is 0.102. The highest BCUT2D eigenvalue weighted by Crippen LogP contribution is 2.29. The first kappa shape index (κ1) is 20.3. The number of nitrogens with zero attached hydrogens (tertiary/aromatic N) is 2. The highest BCUT2D eigenvalue weighted by molar-refractivity contribution is 7.92. The van der Waals surface area contributed by atoms with Gasteiger partial charge in [0.15, 0.2) is 4.90 Å². The minimum Gasteiger partial charge on any atom is -0.480 e. The minimum absolute atomic E-state index is 0.0822. The van der Waals surface area contributed by atoms with E-state index in [0.717, 1.165) is 11.1 Å². The van der Waals surface area contributed by atoms with E-state index in [2.05, 4.69) is 25.2 Å². The van der Waals surface area contributed by atoms with Gasteiger partial charge in [-0.05, 0) is 38.0 Å². The molecule has 1 aromatic carbocycles. The number of benzene rings is 1. The van der Waals surface area contributed by atoms with E-state index in [4.69, 9.17) is 4.74 Å². The van der Waals surface area contributed by atoms with E-state index in [1.165, 1.54) is 25.6 Å². The molecule has 3 aromatic rings. The summed E-state index contributed by atoms with van der Waals surface area (Å²) in [6.07, 6.45) is 2.71. The van der Waals surface area contributed by atoms with Crippen LogP contribution in [0.5, 0.6) is 5.88 Å². The number of pyridine rings is 1. The van der Waals surface area contributed by atoms with Crippen LogP contribution in [0, 0.1) is 20.8 Å². The molecular weight excluding hydrogens is 394 g/mol. The molecule has 10 heteroatoms. The summed E-state index contributed by atoms with van der Waals surface area (Å²) in [5.74, 6) is -0.518. The van der Waals surface area contributed by atoms with Gasteiger partial charge in [0.05, 0.1) is 36.4 Å². The zero-order valence-electron chi connectivity index (χ0n) is 16.4. The molecule has 0 saturated carbocycles. The van der Waals surface area contributed by atoms with Crippen LogP contribution in [0.15, 0.2) is 41.6 Å². The fourth-order valence-electron chi connectivity index (χ4n) is 2.79. The van der Waals surface area contributed by atoms with E-state index >= 15 is 0 Å². The standard InChI is InChI=1S/C19H21N5O4S/c1-11-6-5-7-12(2)17(11)24-29(26,27)16-8-14(9-20-19(16)28-4)22-18(25)15-10-21-23-13(15)3/h5-10,24H,1-4H3,(H,21,23)(H,22,25). The normalized spacial score (nSPS) is 11.2. The number of H-pyrrole nitrogens is 1. The number of methoxy groups -OCH3 is 1. The lowest BCUT2D eigenvalue weighted by Gasteiger charge is -2.15. The third-order valence-corrected chi connectivity index (χ3v) is 5.70. The number of amides is 1. The number of sulfonamides is 1. The third kappa shape index (κ3) is 4.21. The fraction of sp³-hybridized carbons (Fsp3) is 0.211. The zero-order valence-corrected chi connectivity index (χ0v) is 17.2. The Labute approximate surface area is 168 Å². The van der Waals surface area contributed by atoms with Crippen LogP contribution in [-0.2, 0) is 10.0 Å². The van der Waals surface area contributed by atoms with Crippen molar-refractivity contribution in [3.8, 4) is 5.88 Å². The predicted octanol–water partition coefficient (Wildman–Crippen LogP) is 2.79. The first-order chi connectivity index (χ1) is 13.7. The van der Waals surface area contributed by atoms with Crippen LogP contribution in [-0.4, -0.2) is 36.6 Å². The maximum Gasteiger partial charge on any atom is 0.267 e. The van der Waals surface area contributed by atoms with E-state index < -0.39 is 15.9 Å². The number of aryl methyl sites for hydroxylation is 3. The van der Waals surface area contributed by atoms with Crippen LogP contribution in [0.2, 0.25) is 0 Å². The molecule has 0 bridgehead atoms. The number of rotatable bonds is 6. The Balaban J connectivity index is 1.96. The van der Waals surface area contributed by atoms with Gasteiger partial charge in [-0.25, -0.2) is 13.4 Å². The Bertz CT molecular complexity index is 1150. The van der Waals surface area contributed by atoms with Gasteiger partial charge >= 0.3 is 0 Å². The molecule has 2 aromatic heterocycles. The Morgan fingerprint density at radius 2 is 1.83 bits per heavy atom. The molecule has 3 N–H and O–H groups in total. The average molecular weight is 415 g/mol. The van der Waals surface area contributed by atoms with Gasteiger partial charge in [0.2, 0.25) is 5.88 Å². The number of anilines is 2. The molecule has 29 heavy (non-hydrogen) atoms. The van der Waals surface area contributed by atoms with Crippen molar-refractivity contribution in [1.29, 1.82) is 0 Å². The molecule has 0 unspecified atom stereocenters. The van der Waals surface area contributed by atoms with Crippen molar-refractivity contribution in [2.24, 2.45) is 0 Å². The summed E-state index contributed by atoms with van der Waals surface area (Å²) < 4.78 is 33.8. The molecule has 0 aliphatic carbocycles. The summed E-state index contributed by atoms with van der Waals surface area (Å²) in [4.78, 5) is 16.2. The van der Waals surface area contributed by atoms with Gasteiger partial charge in [-0.15, -0.1) is 0 Å². The van der Waals surface area contributed by atoms with Crippen LogP contribution in [0.3, 0.4) is 0 Å². The van der Waals surface area contributed by atoms with Crippen molar-refractivity contribution in [3.63, 3.8) is 0 Å². The Morgan fingerprint density at radius 3 is 2.41 bits per heavy atom. The molecule has 1 amide bonds. The Kier molecular flexibility index (Phi) is 5.55. The lowest BCUT2D eigenvalue weighted by Crippen LogP contribution is -2.18. The van der Waals surface area contributed by atoms with Crippen molar-refractivity contribution in [1.82, 2.24) is 15.2 Å². The first-order valence-corrected chi connectivity index (χ1v) is 10.2. The maximum atomic E-state index is 13.0. The summed E-state index contributed by atoms with van der Waals surface area (Å²) in [6.45, 7) is 5.33. The van der Waals surface area contributed by atoms with Crippen LogP contribution in [0.4, 0.5) is 11.4 Å². The molecule has 0 spiro atoms. The maximum absolute atomic E-state index is 13.0. The van der Waals surface area contributed by atoms with Gasteiger partial charge in [0.25, 0.3) is 15.9 Å². The summed E-state index contributed by atoms with van der Waals surface area (Å²) in [5, 5.41) is 9.11. The lowest BCUT2D eigenvalue weighted by atomic mass is 10.1. The number of aromatic amines is 1. The number of hydrogen-bond acceptors (Lipinski definition) is 6. The number of nitrogens with one attached hydrogen (secondary N) is 3. The van der Waals surface area contributed by atoms with Crippen molar-refractivity contribution < 1.29 is 17.9 Å². The second-order valence-corrected chi connectivity index (χ2v) is 8.12. The molecule has 0 atom stereocenters. The van der Waals surface area contributed by atoms with E-state index in [0.29, 0.717) is 16.9 Å². The van der Waals surface area contributed by atoms with Crippen molar-refractivity contribution in [2.75, 3.05) is 17.1 Å². The summed E-state index contributed by atoms with van der Waals surface area (Å²) in [5.41, 5.74) is 3.18. The van der Waals surface area contributed by atoms with Crippen molar-refractivity contribution >= 4 is 27.3 Å². The summed E-state index contributed by atoms with van der Waals surface area (Å²) in [7, 11) is -2.70. The van der Waals surface area contributed by atoms with Crippen LogP contribution in [0.1, 0.15) is 27.2 Å². The molecule has 9 nitrogen and oxygen atoms in total. The molecule has 0 aliphatic rings. The number of para-hydroxylation sites is 1. The number of aromatic nitrogens is 3. The van der Waals surface area contributed by atoms with E-state index in [1.54, 1.807) is 6.92 Å². The number of ether oxygens (including phenoxy) is 1. The highest BCUT2D eigenvalue weighted by atomic mass is 32.2. The molecule has 0 saturated heterocycles. The molecule has 0 fully saturated rings. The smallest absolute Gasteiger partial charge is 0.267 e. The molecule has 0 aliphatic heterocycles. The van der Waals surface area contributed by atoms with E-state index in [1.807, 2.05) is 32.0 Å². The quantitative estimate of drug-likeness (QED) is 0.568. The zero-order chi connectivity index (χ0) is 21.2. The van der Waals surface area contributed by atoms with Gasteiger partial charge in [-0.3, -0.25) is 14.6 Å². The van der Waals surface area contributed by atoms with Gasteiger partial charge in [0, 0.05) is 5.69 Å². The van der Waals surface area contributed by atoms with Crippen LogP contribution >= 0.6 is 0 Å². The Hall–Kier alpha value is -3.40. The minimum atomic E-state index is -4.03. The number of carbonyl (C=O) groups excluding carboxylic acids is 1. The largest absolute Gasteiger partial charge is 0.480 e. The van der Waals surface area contributed by atoms with Crippen molar-refractivity contribution in [3.05, 3.63) is 59.0 Å². The number of carbonyl (C=O) groups is 1. The molecule has 152 valence electrons.